The second-order valence-corrected chi connectivity index (χ2v) is 8.49. The van der Waals surface area contributed by atoms with Gasteiger partial charge in [0.1, 0.15) is 11.4 Å². The molecular formula is C23H21F3N6O3. The van der Waals surface area contributed by atoms with Gasteiger partial charge in [-0.2, -0.15) is 18.3 Å². The maximum absolute atomic E-state index is 12.8. The van der Waals surface area contributed by atoms with Crippen LogP contribution in [0.4, 0.5) is 19.0 Å². The van der Waals surface area contributed by atoms with Crippen LogP contribution in [-0.4, -0.2) is 50.7 Å². The molecule has 0 amide bonds. The van der Waals surface area contributed by atoms with E-state index in [4.69, 9.17) is 4.42 Å². The Labute approximate surface area is 196 Å². The van der Waals surface area contributed by atoms with Crippen LogP contribution in [-0.2, 0) is 12.7 Å². The fourth-order valence-corrected chi connectivity index (χ4v) is 4.40. The second-order valence-electron chi connectivity index (χ2n) is 8.49. The first-order chi connectivity index (χ1) is 16.7. The van der Waals surface area contributed by atoms with E-state index in [0.29, 0.717) is 43.3 Å². The van der Waals surface area contributed by atoms with Crippen molar-refractivity contribution in [3.05, 3.63) is 74.8 Å². The van der Waals surface area contributed by atoms with E-state index in [9.17, 15) is 22.8 Å². The Morgan fingerprint density at radius 1 is 1.17 bits per heavy atom. The van der Waals surface area contributed by atoms with Gasteiger partial charge >= 0.3 is 11.9 Å². The smallest absolute Gasteiger partial charge is 0.409 e. The monoisotopic (exact) mass is 486 g/mol. The molecule has 4 heterocycles. The number of aromatic nitrogens is 4. The number of nitrogens with zero attached hydrogens (tertiary/aromatic N) is 4. The van der Waals surface area contributed by atoms with Gasteiger partial charge in [-0.3, -0.25) is 19.8 Å². The van der Waals surface area contributed by atoms with Crippen molar-refractivity contribution in [3.63, 3.8) is 0 Å². The molecule has 0 saturated carbocycles. The largest absolute Gasteiger partial charge is 0.419 e. The van der Waals surface area contributed by atoms with Crippen LogP contribution < -0.4 is 16.2 Å². The van der Waals surface area contributed by atoms with Crippen LogP contribution in [0.25, 0.3) is 22.2 Å². The summed E-state index contributed by atoms with van der Waals surface area (Å²) in [5.41, 5.74) is 1.20. The van der Waals surface area contributed by atoms with E-state index in [1.54, 1.807) is 24.4 Å². The Hall–Kier alpha value is -3.93. The first kappa shape index (κ1) is 22.8. The van der Waals surface area contributed by atoms with Crippen molar-refractivity contribution < 1.29 is 17.6 Å². The third-order valence-electron chi connectivity index (χ3n) is 6.11. The van der Waals surface area contributed by atoms with Crippen molar-refractivity contribution >= 4 is 16.8 Å². The first-order valence-corrected chi connectivity index (χ1v) is 10.9. The van der Waals surface area contributed by atoms with Gasteiger partial charge in [0.2, 0.25) is 0 Å². The Bertz CT molecular complexity index is 1470. The van der Waals surface area contributed by atoms with Crippen molar-refractivity contribution in [2.24, 2.45) is 0 Å². The molecule has 3 aromatic heterocycles. The summed E-state index contributed by atoms with van der Waals surface area (Å²) in [4.78, 5) is 33.9. The van der Waals surface area contributed by atoms with E-state index in [1.165, 1.54) is 6.07 Å². The van der Waals surface area contributed by atoms with Crippen LogP contribution in [0, 0.1) is 0 Å². The molecule has 4 aromatic rings. The quantitative estimate of drug-likeness (QED) is 0.456. The number of pyridine rings is 1. The van der Waals surface area contributed by atoms with Crippen molar-refractivity contribution in [2.45, 2.75) is 25.7 Å². The number of hydrogen-bond donors (Lipinski definition) is 2. The number of H-pyrrole nitrogens is 2. The Morgan fingerprint density at radius 3 is 2.71 bits per heavy atom. The zero-order valence-corrected chi connectivity index (χ0v) is 18.6. The summed E-state index contributed by atoms with van der Waals surface area (Å²) in [5.74, 6) is -0.294. The highest BCUT2D eigenvalue weighted by molar-refractivity contribution is 5.82. The van der Waals surface area contributed by atoms with Gasteiger partial charge in [0.25, 0.3) is 5.56 Å². The minimum Gasteiger partial charge on any atom is -0.409 e. The van der Waals surface area contributed by atoms with Crippen LogP contribution in [0.1, 0.15) is 18.1 Å². The van der Waals surface area contributed by atoms with Gasteiger partial charge in [-0.1, -0.05) is 0 Å². The fourth-order valence-electron chi connectivity index (χ4n) is 4.40. The average molecular weight is 486 g/mol. The van der Waals surface area contributed by atoms with Crippen molar-refractivity contribution in [3.8, 4) is 11.3 Å². The molecule has 1 aliphatic rings. The number of nitrogens with one attached hydrogen (secondary N) is 2. The van der Waals surface area contributed by atoms with E-state index >= 15 is 0 Å². The number of aromatic amines is 2. The number of piperazine rings is 1. The molecule has 1 aliphatic heterocycles. The lowest BCUT2D eigenvalue weighted by molar-refractivity contribution is -0.137. The lowest BCUT2D eigenvalue weighted by Crippen LogP contribution is -2.51. The molecule has 1 saturated heterocycles. The molecule has 5 rings (SSSR count). The minimum atomic E-state index is -4.41. The number of alkyl halides is 3. The van der Waals surface area contributed by atoms with E-state index in [2.05, 4.69) is 25.1 Å². The molecule has 2 N–H and O–H groups in total. The Kier molecular flexibility index (Phi) is 5.67. The van der Waals surface area contributed by atoms with Crippen LogP contribution in [0.15, 0.2) is 56.7 Å². The molecule has 0 spiro atoms. The number of anilines is 1. The predicted molar refractivity (Wildman–Crippen MR) is 122 cm³/mol. The molecule has 182 valence electrons. The molecule has 1 fully saturated rings. The maximum Gasteiger partial charge on any atom is 0.419 e. The van der Waals surface area contributed by atoms with Crippen LogP contribution >= 0.6 is 0 Å². The van der Waals surface area contributed by atoms with Gasteiger partial charge in [-0.15, -0.1) is 0 Å². The topological polar surface area (TPSA) is 111 Å². The normalized spacial score (nSPS) is 17.3. The third-order valence-corrected chi connectivity index (χ3v) is 6.11. The van der Waals surface area contributed by atoms with Gasteiger partial charge in [-0.25, -0.2) is 9.78 Å². The highest BCUT2D eigenvalue weighted by Crippen LogP contribution is 2.30. The molecule has 9 nitrogen and oxygen atoms in total. The standard InChI is InChI=1S/C23H21F3N6O3/c1-13-11-31(6-7-32(13)19-5-3-16(10-27-19)23(24,25)26)12-15-9-28-30-20(15)14-2-4-18-17(8-14)21(33)29-22(34)35-18/h2-5,8-10,13H,6-7,11-12H2,1H3,(H,28,30)(H,29,33,34). The summed E-state index contributed by atoms with van der Waals surface area (Å²) in [6.07, 6.45) is -1.75. The third kappa shape index (κ3) is 4.56. The predicted octanol–water partition coefficient (Wildman–Crippen LogP) is 3.00. The first-order valence-electron chi connectivity index (χ1n) is 10.9. The lowest BCUT2D eigenvalue weighted by Gasteiger charge is -2.40. The number of fused-ring (bicyclic) bond motifs is 1. The number of benzene rings is 1. The Morgan fingerprint density at radius 2 is 2.00 bits per heavy atom. The molecular weight excluding hydrogens is 465 g/mol. The molecule has 1 unspecified atom stereocenters. The summed E-state index contributed by atoms with van der Waals surface area (Å²) in [6.45, 7) is 4.56. The van der Waals surface area contributed by atoms with E-state index < -0.39 is 23.1 Å². The molecule has 12 heteroatoms. The summed E-state index contributed by atoms with van der Waals surface area (Å²) >= 11 is 0. The summed E-state index contributed by atoms with van der Waals surface area (Å²) in [7, 11) is 0. The van der Waals surface area contributed by atoms with Crippen molar-refractivity contribution in [1.82, 2.24) is 25.1 Å². The van der Waals surface area contributed by atoms with E-state index in [1.807, 2.05) is 11.8 Å². The number of halogens is 3. The lowest BCUT2D eigenvalue weighted by atomic mass is 10.1. The van der Waals surface area contributed by atoms with Crippen molar-refractivity contribution in [2.75, 3.05) is 24.5 Å². The molecule has 35 heavy (non-hydrogen) atoms. The van der Waals surface area contributed by atoms with Gasteiger partial charge in [0, 0.05) is 55.7 Å². The highest BCUT2D eigenvalue weighted by Gasteiger charge is 2.32. The number of hydrogen-bond acceptors (Lipinski definition) is 7. The summed E-state index contributed by atoms with van der Waals surface area (Å²) < 4.78 is 43.5. The van der Waals surface area contributed by atoms with Gasteiger partial charge < -0.3 is 9.32 Å². The van der Waals surface area contributed by atoms with Crippen LogP contribution in [0.5, 0.6) is 0 Å². The molecule has 1 aromatic carbocycles. The minimum absolute atomic E-state index is 0.0328. The molecule has 0 bridgehead atoms. The van der Waals surface area contributed by atoms with Gasteiger partial charge in [0.15, 0.2) is 0 Å². The molecule has 0 radical (unpaired) electrons. The molecule has 0 aliphatic carbocycles. The van der Waals surface area contributed by atoms with Crippen LogP contribution in [0.3, 0.4) is 0 Å². The zero-order valence-electron chi connectivity index (χ0n) is 18.6. The van der Waals surface area contributed by atoms with Gasteiger partial charge in [0.05, 0.1) is 16.6 Å². The maximum atomic E-state index is 12.8. The summed E-state index contributed by atoms with van der Waals surface area (Å²) in [5, 5.41) is 7.47. The van der Waals surface area contributed by atoms with E-state index in [0.717, 1.165) is 17.8 Å². The second kappa shape index (κ2) is 8.69. The zero-order chi connectivity index (χ0) is 24.7. The fraction of sp³-hybridized carbons (Fsp3) is 0.304. The number of rotatable bonds is 4. The van der Waals surface area contributed by atoms with Crippen LogP contribution in [0.2, 0.25) is 0 Å². The Balaban J connectivity index is 1.31. The highest BCUT2D eigenvalue weighted by atomic mass is 19.4. The molecule has 1 atom stereocenters. The van der Waals surface area contributed by atoms with Gasteiger partial charge in [-0.05, 0) is 37.3 Å². The van der Waals surface area contributed by atoms with E-state index in [-0.39, 0.29) is 17.0 Å². The average Bonchev–Trinajstić information content (AvgIpc) is 3.26. The van der Waals surface area contributed by atoms with Crippen molar-refractivity contribution in [1.29, 1.82) is 0 Å². The summed E-state index contributed by atoms with van der Waals surface area (Å²) in [6, 6.07) is 7.43. The SMILES string of the molecule is CC1CN(Cc2c[nH]nc2-c2ccc3oc(=O)[nH]c(=O)c3c2)CCN1c1ccc(C(F)(F)F)cn1.